The van der Waals surface area contributed by atoms with Crippen LogP contribution in [0.25, 0.3) is 0 Å². The standard InChI is InChI=1S/C41H66N2O2S/c1-28-26-43(24-25-46-27-28)23-22-42-41-17-7-8-33(41)32-13-14-35-38(4)18-15-31(29-9-11-30(12-10-29)36(44)45)37(2,3)34(38)16-19-40(35,6)39(32,5)20-21-41/h9,15,28,30,32-35,42H,7-8,10-14,16-27H2,1-6H3,(H,44,45)/t28?,30?,32?,33-,34?,35?,38?,39-,40?,41?/m1/s1. The van der Waals surface area contributed by atoms with Gasteiger partial charge in [-0.1, -0.05) is 60.1 Å². The Kier molecular flexibility index (Phi) is 8.95. The molecule has 4 saturated carbocycles. The van der Waals surface area contributed by atoms with Crippen LogP contribution in [0.5, 0.6) is 0 Å². The lowest BCUT2D eigenvalue weighted by Gasteiger charge is -2.72. The van der Waals surface area contributed by atoms with Crippen molar-refractivity contribution in [3.8, 4) is 0 Å². The van der Waals surface area contributed by atoms with Crippen molar-refractivity contribution >= 4 is 17.7 Å². The first kappa shape index (κ1) is 33.7. The van der Waals surface area contributed by atoms with Gasteiger partial charge in [0.2, 0.25) is 0 Å². The minimum Gasteiger partial charge on any atom is -0.481 e. The predicted molar refractivity (Wildman–Crippen MR) is 193 cm³/mol. The number of carboxylic acid groups (broad SMARTS) is 1. The van der Waals surface area contributed by atoms with E-state index in [4.69, 9.17) is 0 Å². The average molecular weight is 651 g/mol. The zero-order valence-electron chi connectivity index (χ0n) is 30.3. The maximum absolute atomic E-state index is 11.6. The molecule has 0 amide bonds. The summed E-state index contributed by atoms with van der Waals surface area (Å²) in [6.45, 7) is 20.8. The molecule has 46 heavy (non-hydrogen) atoms. The zero-order chi connectivity index (χ0) is 32.5. The molecule has 1 saturated heterocycles. The molecular weight excluding hydrogens is 585 g/mol. The molecule has 0 aromatic heterocycles. The number of hydrogen-bond donors (Lipinski definition) is 2. The van der Waals surface area contributed by atoms with Crippen LogP contribution in [0.3, 0.4) is 0 Å². The van der Waals surface area contributed by atoms with Gasteiger partial charge in [-0.15, -0.1) is 0 Å². The highest BCUT2D eigenvalue weighted by molar-refractivity contribution is 7.99. The van der Waals surface area contributed by atoms with Crippen molar-refractivity contribution in [3.05, 3.63) is 23.3 Å². The first-order valence-corrected chi connectivity index (χ1v) is 20.7. The quantitative estimate of drug-likeness (QED) is 0.300. The minimum atomic E-state index is -0.620. The summed E-state index contributed by atoms with van der Waals surface area (Å²) in [5.41, 5.74) is 4.76. The van der Waals surface area contributed by atoms with Gasteiger partial charge in [-0.3, -0.25) is 4.79 Å². The van der Waals surface area contributed by atoms with Gasteiger partial charge in [0.1, 0.15) is 0 Å². The monoisotopic (exact) mass is 650 g/mol. The van der Waals surface area contributed by atoms with Crippen molar-refractivity contribution in [1.29, 1.82) is 0 Å². The molecule has 0 radical (unpaired) electrons. The van der Waals surface area contributed by atoms with E-state index >= 15 is 0 Å². The maximum Gasteiger partial charge on any atom is 0.306 e. The van der Waals surface area contributed by atoms with Crippen LogP contribution in [0.4, 0.5) is 0 Å². The molecule has 4 nitrogen and oxygen atoms in total. The summed E-state index contributed by atoms with van der Waals surface area (Å²) in [7, 11) is 0. The van der Waals surface area contributed by atoms with Gasteiger partial charge >= 0.3 is 5.97 Å². The smallest absolute Gasteiger partial charge is 0.306 e. The van der Waals surface area contributed by atoms with Crippen molar-refractivity contribution in [2.75, 3.05) is 37.7 Å². The van der Waals surface area contributed by atoms with E-state index in [2.05, 4.69) is 75.7 Å². The molecule has 7 rings (SSSR count). The van der Waals surface area contributed by atoms with Gasteiger partial charge < -0.3 is 15.3 Å². The molecule has 0 aromatic rings. The van der Waals surface area contributed by atoms with E-state index in [0.717, 1.165) is 36.5 Å². The summed E-state index contributed by atoms with van der Waals surface area (Å²) in [4.78, 5) is 14.4. The number of carboxylic acids is 1. The van der Waals surface area contributed by atoms with Crippen molar-refractivity contribution < 1.29 is 9.90 Å². The number of thioether (sulfide) groups is 1. The van der Waals surface area contributed by atoms with Crippen molar-refractivity contribution in [2.45, 2.75) is 131 Å². The zero-order valence-corrected chi connectivity index (χ0v) is 31.1. The molecule has 5 heteroatoms. The lowest BCUT2D eigenvalue weighted by Crippen LogP contribution is -2.67. The molecule has 1 heterocycles. The van der Waals surface area contributed by atoms with Crippen LogP contribution in [0.1, 0.15) is 125 Å². The Labute approximate surface area is 285 Å². The first-order valence-electron chi connectivity index (χ1n) is 19.5. The summed E-state index contributed by atoms with van der Waals surface area (Å²) in [6, 6.07) is 0. The van der Waals surface area contributed by atoms with E-state index in [1.54, 1.807) is 5.57 Å². The van der Waals surface area contributed by atoms with Gasteiger partial charge in [0, 0.05) is 37.5 Å². The van der Waals surface area contributed by atoms with Gasteiger partial charge in [-0.2, -0.15) is 11.8 Å². The molecule has 10 atom stereocenters. The third-order valence-electron chi connectivity index (χ3n) is 16.5. The Hall–Kier alpha value is -0.780. The number of aliphatic carboxylic acids is 1. The predicted octanol–water partition coefficient (Wildman–Crippen LogP) is 9.22. The fourth-order valence-corrected chi connectivity index (χ4v) is 15.1. The summed E-state index contributed by atoms with van der Waals surface area (Å²) < 4.78 is 0. The number of fused-ring (bicyclic) bond motifs is 7. The molecule has 2 N–H and O–H groups in total. The highest BCUT2D eigenvalue weighted by Gasteiger charge is 2.69. The first-order chi connectivity index (χ1) is 21.8. The van der Waals surface area contributed by atoms with Gasteiger partial charge in [0.15, 0.2) is 0 Å². The van der Waals surface area contributed by atoms with E-state index in [-0.39, 0.29) is 11.3 Å². The van der Waals surface area contributed by atoms with E-state index < -0.39 is 5.97 Å². The van der Waals surface area contributed by atoms with E-state index in [1.165, 1.54) is 107 Å². The molecule has 258 valence electrons. The average Bonchev–Trinajstić information content (AvgIpc) is 3.32. The van der Waals surface area contributed by atoms with Crippen LogP contribution in [-0.2, 0) is 4.79 Å². The maximum atomic E-state index is 11.6. The normalized spacial score (nSPS) is 47.3. The number of nitrogens with zero attached hydrogens (tertiary/aromatic N) is 1. The topological polar surface area (TPSA) is 52.6 Å². The van der Waals surface area contributed by atoms with E-state index in [9.17, 15) is 9.90 Å². The summed E-state index contributed by atoms with van der Waals surface area (Å²) >= 11 is 2.15. The van der Waals surface area contributed by atoms with Crippen LogP contribution < -0.4 is 5.32 Å². The molecule has 7 aliphatic rings. The second-order valence-electron chi connectivity index (χ2n) is 18.8. The Morgan fingerprint density at radius 2 is 1.78 bits per heavy atom. The lowest BCUT2D eigenvalue weighted by molar-refractivity contribution is -0.218. The largest absolute Gasteiger partial charge is 0.481 e. The Balaban J connectivity index is 1.09. The number of rotatable bonds is 6. The molecular formula is C41H66N2O2S. The van der Waals surface area contributed by atoms with Crippen LogP contribution >= 0.6 is 11.8 Å². The van der Waals surface area contributed by atoms with Gasteiger partial charge in [-0.05, 0) is 145 Å². The van der Waals surface area contributed by atoms with Gasteiger partial charge in [-0.25, -0.2) is 0 Å². The summed E-state index contributed by atoms with van der Waals surface area (Å²) in [5, 5.41) is 13.9. The highest BCUT2D eigenvalue weighted by Crippen LogP contribution is 2.76. The van der Waals surface area contributed by atoms with Crippen LogP contribution in [0, 0.1) is 57.2 Å². The fraction of sp³-hybridized carbons (Fsp3) is 0.878. The van der Waals surface area contributed by atoms with E-state index in [0.29, 0.717) is 34.1 Å². The van der Waals surface area contributed by atoms with Crippen LogP contribution in [0.15, 0.2) is 23.3 Å². The highest BCUT2D eigenvalue weighted by atomic mass is 32.2. The van der Waals surface area contributed by atoms with Gasteiger partial charge in [0.25, 0.3) is 0 Å². The van der Waals surface area contributed by atoms with Crippen molar-refractivity contribution in [3.63, 3.8) is 0 Å². The molecule has 1 aliphatic heterocycles. The third-order valence-corrected chi connectivity index (χ3v) is 17.7. The van der Waals surface area contributed by atoms with Crippen molar-refractivity contribution in [2.24, 2.45) is 57.2 Å². The van der Waals surface area contributed by atoms with Gasteiger partial charge in [0.05, 0.1) is 5.92 Å². The number of allylic oxidation sites excluding steroid dienone is 4. The molecule has 8 unspecified atom stereocenters. The molecule has 0 spiro atoms. The van der Waals surface area contributed by atoms with Crippen LogP contribution in [-0.4, -0.2) is 59.2 Å². The second-order valence-corrected chi connectivity index (χ2v) is 20.0. The summed E-state index contributed by atoms with van der Waals surface area (Å²) in [6.07, 6.45) is 21.3. The fourth-order valence-electron chi connectivity index (χ4n) is 14.1. The second kappa shape index (κ2) is 12.2. The SMILES string of the molecule is CC1CSCCN(CCNC23CCC[C@@H]2C2CCC4C5(C)CC=C(C6=CCC(C(=O)O)CC6)C(C)(C)C5CCC4(C)[C@]2(C)CC3)C1. The number of nitrogens with one attached hydrogen (secondary N) is 1. The number of carbonyl (C=O) groups is 1. The molecule has 0 aromatic carbocycles. The minimum absolute atomic E-state index is 0.148. The molecule has 5 fully saturated rings. The Morgan fingerprint density at radius 1 is 0.957 bits per heavy atom. The number of hydrogen-bond acceptors (Lipinski definition) is 4. The molecule has 0 bridgehead atoms. The van der Waals surface area contributed by atoms with E-state index in [1.807, 2.05) is 0 Å². The summed E-state index contributed by atoms with van der Waals surface area (Å²) in [5.74, 6) is 5.85. The molecule has 6 aliphatic carbocycles. The van der Waals surface area contributed by atoms with Crippen LogP contribution in [0.2, 0.25) is 0 Å². The Morgan fingerprint density at radius 3 is 2.54 bits per heavy atom. The Bertz CT molecular complexity index is 1240. The van der Waals surface area contributed by atoms with Crippen molar-refractivity contribution in [1.82, 2.24) is 10.2 Å². The lowest BCUT2D eigenvalue weighted by atomic mass is 9.33. The third kappa shape index (κ3) is 5.24.